The van der Waals surface area contributed by atoms with Crippen LogP contribution < -0.4 is 4.74 Å². The fourth-order valence-electron chi connectivity index (χ4n) is 6.15. The summed E-state index contributed by atoms with van der Waals surface area (Å²) >= 11 is 0. The zero-order valence-corrected chi connectivity index (χ0v) is 33.7. The molecule has 294 valence electrons. The molecule has 0 amide bonds. The van der Waals surface area contributed by atoms with Gasteiger partial charge < -0.3 is 34.1 Å². The number of carboxylic acids is 1. The monoisotopic (exact) mass is 735 g/mol. The molecule has 1 unspecified atom stereocenters. The normalized spacial score (nSPS) is 14.4. The van der Waals surface area contributed by atoms with E-state index in [0.29, 0.717) is 17.9 Å². The number of ether oxygens (including phenoxy) is 2. The third-order valence-corrected chi connectivity index (χ3v) is 8.98. The van der Waals surface area contributed by atoms with E-state index in [1.807, 2.05) is 53.1 Å². The topological polar surface area (TPSA) is 87.4 Å². The number of aliphatic hydroxyl groups excluding tert-OH is 1. The summed E-state index contributed by atoms with van der Waals surface area (Å²) in [6, 6.07) is 9.98. The number of aliphatic hydroxyl groups is 1. The molecule has 0 spiro atoms. The van der Waals surface area contributed by atoms with E-state index in [1.165, 1.54) is 31.7 Å². The molecule has 4 rings (SSSR count). The van der Waals surface area contributed by atoms with Crippen LogP contribution >= 0.6 is 0 Å². The summed E-state index contributed by atoms with van der Waals surface area (Å²) < 4.78 is 28.7. The zero-order valence-electron chi connectivity index (χ0n) is 33.7. The molecular weight excluding hydrogens is 669 g/mol. The third kappa shape index (κ3) is 14.0. The summed E-state index contributed by atoms with van der Waals surface area (Å²) in [4.78, 5) is 15.7. The molecule has 9 heteroatoms. The molecule has 1 aliphatic rings. The van der Waals surface area contributed by atoms with Gasteiger partial charge in [0.2, 0.25) is 0 Å². The molecule has 2 heterocycles. The van der Waals surface area contributed by atoms with E-state index in [-0.39, 0.29) is 12.2 Å². The first-order valence-electron chi connectivity index (χ1n) is 19.6. The predicted molar refractivity (Wildman–Crippen MR) is 218 cm³/mol. The first-order valence-corrected chi connectivity index (χ1v) is 19.6. The van der Waals surface area contributed by atoms with Crippen molar-refractivity contribution in [1.29, 1.82) is 0 Å². The van der Waals surface area contributed by atoms with Crippen molar-refractivity contribution in [3.05, 3.63) is 89.5 Å². The Morgan fingerprint density at radius 2 is 1.75 bits per heavy atom. The molecule has 3 aromatic rings. The van der Waals surface area contributed by atoms with E-state index in [2.05, 4.69) is 46.4 Å². The third-order valence-electron chi connectivity index (χ3n) is 8.98. The van der Waals surface area contributed by atoms with Crippen LogP contribution in [0.2, 0.25) is 0 Å². The van der Waals surface area contributed by atoms with E-state index >= 15 is 4.39 Å². The van der Waals surface area contributed by atoms with Gasteiger partial charge in [0, 0.05) is 62.0 Å². The van der Waals surface area contributed by atoms with Gasteiger partial charge in [-0.3, -0.25) is 0 Å². The zero-order chi connectivity index (χ0) is 39.2. The highest BCUT2D eigenvalue weighted by Crippen LogP contribution is 2.37. The molecule has 2 N–H and O–H groups in total. The second-order valence-corrected chi connectivity index (χ2v) is 13.3. The number of unbranched alkanes of at least 4 members (excludes halogenated alkanes) is 3. The van der Waals surface area contributed by atoms with Gasteiger partial charge in [0.25, 0.3) is 0 Å². The van der Waals surface area contributed by atoms with Crippen LogP contribution in [0.5, 0.6) is 5.75 Å². The number of halogens is 1. The van der Waals surface area contributed by atoms with Crippen LogP contribution in [0, 0.1) is 5.82 Å². The van der Waals surface area contributed by atoms with Crippen LogP contribution in [0.1, 0.15) is 109 Å². The van der Waals surface area contributed by atoms with Crippen LogP contribution in [0.25, 0.3) is 22.2 Å². The summed E-state index contributed by atoms with van der Waals surface area (Å²) in [6.07, 6.45) is 18.9. The molecule has 1 aromatic heterocycles. The molecule has 1 atom stereocenters. The maximum Gasteiger partial charge on any atom is 0.335 e. The number of carboxylic acid groups (broad SMARTS) is 1. The lowest BCUT2D eigenvalue weighted by Crippen LogP contribution is -2.27. The first kappa shape index (κ1) is 45.1. The Hall–Kier alpha value is -4.08. The Morgan fingerprint density at radius 1 is 1.04 bits per heavy atom. The average Bonchev–Trinajstić information content (AvgIpc) is 3.70. The van der Waals surface area contributed by atoms with Gasteiger partial charge in [-0.15, -0.1) is 0 Å². The smallest absolute Gasteiger partial charge is 0.335 e. The molecule has 0 saturated carbocycles. The van der Waals surface area contributed by atoms with Gasteiger partial charge in [0.1, 0.15) is 24.4 Å². The van der Waals surface area contributed by atoms with Crippen molar-refractivity contribution >= 4 is 16.9 Å². The maximum atomic E-state index is 15.7. The molecule has 53 heavy (non-hydrogen) atoms. The van der Waals surface area contributed by atoms with Crippen molar-refractivity contribution in [2.75, 3.05) is 40.0 Å². The van der Waals surface area contributed by atoms with Crippen LogP contribution in [-0.2, 0) is 18.2 Å². The highest BCUT2D eigenvalue weighted by atomic mass is 19.1. The Balaban J connectivity index is 0.00000110. The molecule has 2 aromatic carbocycles. The van der Waals surface area contributed by atoms with Crippen molar-refractivity contribution in [2.24, 2.45) is 7.05 Å². The number of allylic oxidation sites excluding steroid dienone is 3. The number of benzene rings is 2. The minimum Gasteiger partial charge on any atom is -0.489 e. The van der Waals surface area contributed by atoms with Crippen LogP contribution in [0.3, 0.4) is 0 Å². The highest BCUT2D eigenvalue weighted by molar-refractivity contribution is 5.97. The Labute approximate surface area is 318 Å². The van der Waals surface area contributed by atoms with E-state index < -0.39 is 18.0 Å². The van der Waals surface area contributed by atoms with Gasteiger partial charge in [-0.2, -0.15) is 0 Å². The lowest BCUT2D eigenvalue weighted by Gasteiger charge is -2.23. The van der Waals surface area contributed by atoms with Crippen molar-refractivity contribution < 1.29 is 28.9 Å². The summed E-state index contributed by atoms with van der Waals surface area (Å²) in [6.45, 7) is 16.2. The van der Waals surface area contributed by atoms with Crippen LogP contribution in [-0.4, -0.2) is 76.7 Å². The molecule has 1 fully saturated rings. The molecule has 1 aliphatic heterocycles. The number of carbonyl (C=O) groups is 1. The first-order chi connectivity index (χ1) is 25.6. The highest BCUT2D eigenvalue weighted by Gasteiger charge is 2.23. The Bertz CT molecular complexity index is 1610. The second kappa shape index (κ2) is 25.0. The second-order valence-electron chi connectivity index (χ2n) is 13.3. The molecule has 0 bridgehead atoms. The fraction of sp³-hybridized carbons (Fsp3) is 0.523. The lowest BCUT2D eigenvalue weighted by atomic mass is 9.99. The summed E-state index contributed by atoms with van der Waals surface area (Å²) in [5.74, 6) is -0.988. The fourth-order valence-corrected chi connectivity index (χ4v) is 6.15. The van der Waals surface area contributed by atoms with Crippen molar-refractivity contribution in [3.63, 3.8) is 0 Å². The molecule has 0 aliphatic carbocycles. The summed E-state index contributed by atoms with van der Waals surface area (Å²) in [5.41, 5.74) is 4.06. The van der Waals surface area contributed by atoms with Gasteiger partial charge in [0.15, 0.2) is 0 Å². The number of hydrogen-bond acceptors (Lipinski definition) is 6. The number of likely N-dealkylation sites (N-methyl/N-ethyl adjacent to an activating group) is 1. The largest absolute Gasteiger partial charge is 0.489 e. The Kier molecular flexibility index (Phi) is 21.3. The van der Waals surface area contributed by atoms with E-state index in [9.17, 15) is 15.0 Å². The number of nitrogens with zero attached hydrogens (tertiary/aromatic N) is 3. The summed E-state index contributed by atoms with van der Waals surface area (Å²) in [5, 5.41) is 20.9. The van der Waals surface area contributed by atoms with E-state index in [4.69, 9.17) is 9.47 Å². The van der Waals surface area contributed by atoms with Gasteiger partial charge >= 0.3 is 5.97 Å². The standard InChI is InChI=1S/C36H46FN3O5.C5H12.C3H8/c1-5-7-13-30-29-17-15-26(36(42)43)24-33(29)38(3)35(30)31-18-16-28(25-32(31)37)45-22-10-12-27(40-20-9-14-34(40)41)11-8-19-39(6-2)21-23-44-4;1-3-5-4-2;1-3-2/h8,10-12,15-19,24-25,34,41H,5-7,9,13-14,20-23H2,1-4H3,(H,42,43);3-5H2,1-2H3;3H2,1-2H3/b12-10+,19-8+,27-11+;;. The minimum atomic E-state index is -0.992. The van der Waals surface area contributed by atoms with Gasteiger partial charge in [-0.05, 0) is 92.9 Å². The number of aromatic nitrogens is 1. The number of aromatic carboxylic acids is 1. The molecular formula is C44H66FN3O5. The molecule has 1 saturated heterocycles. The quantitative estimate of drug-likeness (QED) is 0.126. The van der Waals surface area contributed by atoms with E-state index in [0.717, 1.165) is 79.6 Å². The number of rotatable bonds is 18. The van der Waals surface area contributed by atoms with Crippen molar-refractivity contribution in [1.82, 2.24) is 14.4 Å². The molecule has 8 nitrogen and oxygen atoms in total. The number of hydrogen-bond donors (Lipinski definition) is 2. The lowest BCUT2D eigenvalue weighted by molar-refractivity contribution is 0.0654. The van der Waals surface area contributed by atoms with Crippen LogP contribution in [0.15, 0.2) is 72.6 Å². The van der Waals surface area contributed by atoms with Crippen molar-refractivity contribution in [2.45, 2.75) is 106 Å². The van der Waals surface area contributed by atoms with Crippen LogP contribution in [0.4, 0.5) is 4.39 Å². The average molecular weight is 736 g/mol. The van der Waals surface area contributed by atoms with Gasteiger partial charge in [-0.25, -0.2) is 9.18 Å². The number of likely N-dealkylation sites (tertiary alicyclic amines) is 1. The maximum absolute atomic E-state index is 15.7. The Morgan fingerprint density at radius 3 is 2.32 bits per heavy atom. The number of fused-ring (bicyclic) bond motifs is 1. The van der Waals surface area contributed by atoms with E-state index in [1.54, 1.807) is 31.4 Å². The minimum absolute atomic E-state index is 0.201. The van der Waals surface area contributed by atoms with Crippen molar-refractivity contribution in [3.8, 4) is 17.0 Å². The number of aryl methyl sites for hydroxylation is 2. The molecule has 0 radical (unpaired) electrons. The SMILES string of the molecule is CCC.CCCCC.CCCCc1c(-c2ccc(OC/C=C/C(=C\C=C\N(CC)CCOC)N3CCCC3O)cc2F)n(C)c2cc(C(=O)O)ccc12. The predicted octanol–water partition coefficient (Wildman–Crippen LogP) is 10.4. The van der Waals surface area contributed by atoms with Gasteiger partial charge in [-0.1, -0.05) is 72.8 Å². The van der Waals surface area contributed by atoms with Gasteiger partial charge in [0.05, 0.1) is 17.9 Å². The summed E-state index contributed by atoms with van der Waals surface area (Å²) in [7, 11) is 3.54. The number of methoxy groups -OCH3 is 1.